The Morgan fingerprint density at radius 1 is 1.16 bits per heavy atom. The minimum absolute atomic E-state index is 0.0446. The zero-order valence-corrected chi connectivity index (χ0v) is 13.1. The van der Waals surface area contributed by atoms with Gasteiger partial charge in [0.05, 0.1) is 5.60 Å². The molecule has 0 heterocycles. The van der Waals surface area contributed by atoms with Crippen LogP contribution in [0.15, 0.2) is 24.3 Å². The Hall–Kier alpha value is -0.860. The molecule has 108 valence electrons. The summed E-state index contributed by atoms with van der Waals surface area (Å²) in [5, 5.41) is 3.58. The smallest absolute Gasteiger partial charge is 0.0623 e. The van der Waals surface area contributed by atoms with E-state index in [0.29, 0.717) is 6.04 Å². The van der Waals surface area contributed by atoms with Gasteiger partial charge in [-0.15, -0.1) is 0 Å². The second-order valence-corrected chi connectivity index (χ2v) is 5.71. The number of hydrogen-bond donors (Lipinski definition) is 1. The van der Waals surface area contributed by atoms with Crippen molar-refractivity contribution < 1.29 is 4.74 Å². The van der Waals surface area contributed by atoms with E-state index in [-0.39, 0.29) is 5.60 Å². The Bertz CT molecular complexity index is 356. The van der Waals surface area contributed by atoms with E-state index in [1.165, 1.54) is 11.1 Å². The van der Waals surface area contributed by atoms with E-state index >= 15 is 0 Å². The van der Waals surface area contributed by atoms with Gasteiger partial charge in [0.25, 0.3) is 0 Å². The molecule has 0 aliphatic carbocycles. The van der Waals surface area contributed by atoms with E-state index < -0.39 is 0 Å². The van der Waals surface area contributed by atoms with Gasteiger partial charge in [-0.2, -0.15) is 0 Å². The number of aryl methyl sites for hydroxylation is 1. The molecule has 2 heteroatoms. The molecular weight excluding hydrogens is 234 g/mol. The van der Waals surface area contributed by atoms with Crippen molar-refractivity contribution in [3.63, 3.8) is 0 Å². The second-order valence-electron chi connectivity index (χ2n) is 5.71. The van der Waals surface area contributed by atoms with Gasteiger partial charge in [0.1, 0.15) is 0 Å². The van der Waals surface area contributed by atoms with Gasteiger partial charge < -0.3 is 10.1 Å². The van der Waals surface area contributed by atoms with Crippen LogP contribution in [0, 0.1) is 0 Å². The summed E-state index contributed by atoms with van der Waals surface area (Å²) in [4.78, 5) is 0. The summed E-state index contributed by atoms with van der Waals surface area (Å²) in [6.45, 7) is 9.65. The molecule has 0 saturated heterocycles. The first-order valence-corrected chi connectivity index (χ1v) is 7.39. The molecule has 19 heavy (non-hydrogen) atoms. The lowest BCUT2D eigenvalue weighted by Gasteiger charge is -2.26. The molecule has 1 aromatic rings. The van der Waals surface area contributed by atoms with Crippen molar-refractivity contribution in [1.29, 1.82) is 0 Å². The quantitative estimate of drug-likeness (QED) is 0.762. The molecule has 0 saturated carbocycles. The second kappa shape index (κ2) is 7.66. The van der Waals surface area contributed by atoms with E-state index in [0.717, 1.165) is 25.8 Å². The standard InChI is InChI=1S/C17H29NO/c1-6-14-8-10-15(11-9-14)16(18-7-2)12-13-17(3,4)19-5/h8-11,16,18H,6-7,12-13H2,1-5H3. The van der Waals surface area contributed by atoms with Crippen molar-refractivity contribution in [3.8, 4) is 0 Å². The first-order chi connectivity index (χ1) is 9.02. The Kier molecular flexibility index (Phi) is 6.53. The lowest BCUT2D eigenvalue weighted by Crippen LogP contribution is -2.27. The van der Waals surface area contributed by atoms with Crippen LogP contribution in [-0.4, -0.2) is 19.3 Å². The summed E-state index contributed by atoms with van der Waals surface area (Å²) in [5.74, 6) is 0. The van der Waals surface area contributed by atoms with Crippen LogP contribution >= 0.6 is 0 Å². The maximum Gasteiger partial charge on any atom is 0.0623 e. The molecule has 0 amide bonds. The maximum absolute atomic E-state index is 5.51. The van der Waals surface area contributed by atoms with E-state index in [1.807, 2.05) is 0 Å². The summed E-state index contributed by atoms with van der Waals surface area (Å²) < 4.78 is 5.51. The van der Waals surface area contributed by atoms with Crippen LogP contribution in [0.25, 0.3) is 0 Å². The highest BCUT2D eigenvalue weighted by molar-refractivity contribution is 5.25. The van der Waals surface area contributed by atoms with E-state index in [1.54, 1.807) is 7.11 Å². The molecule has 0 spiro atoms. The van der Waals surface area contributed by atoms with Crippen LogP contribution in [0.1, 0.15) is 57.7 Å². The molecule has 2 nitrogen and oxygen atoms in total. The molecule has 1 atom stereocenters. The first-order valence-electron chi connectivity index (χ1n) is 7.39. The SMILES string of the molecule is CCNC(CCC(C)(C)OC)c1ccc(CC)cc1. The minimum Gasteiger partial charge on any atom is -0.379 e. The van der Waals surface area contributed by atoms with Crippen LogP contribution in [0.2, 0.25) is 0 Å². The normalized spacial score (nSPS) is 13.5. The summed E-state index contributed by atoms with van der Waals surface area (Å²) in [7, 11) is 1.79. The Labute approximate surface area is 118 Å². The zero-order chi connectivity index (χ0) is 14.3. The van der Waals surface area contributed by atoms with Crippen LogP contribution in [0.4, 0.5) is 0 Å². The van der Waals surface area contributed by atoms with Crippen molar-refractivity contribution in [1.82, 2.24) is 5.32 Å². The van der Waals surface area contributed by atoms with E-state index in [4.69, 9.17) is 4.74 Å². The molecule has 0 radical (unpaired) electrons. The highest BCUT2D eigenvalue weighted by atomic mass is 16.5. The van der Waals surface area contributed by atoms with Gasteiger partial charge in [0.15, 0.2) is 0 Å². The van der Waals surface area contributed by atoms with Crippen molar-refractivity contribution in [2.75, 3.05) is 13.7 Å². The van der Waals surface area contributed by atoms with Gasteiger partial charge in [0.2, 0.25) is 0 Å². The number of hydrogen-bond acceptors (Lipinski definition) is 2. The fourth-order valence-corrected chi connectivity index (χ4v) is 2.21. The van der Waals surface area contributed by atoms with E-state index in [2.05, 4.69) is 57.3 Å². The molecule has 0 bridgehead atoms. The maximum atomic E-state index is 5.51. The van der Waals surface area contributed by atoms with Gasteiger partial charge in [-0.25, -0.2) is 0 Å². The van der Waals surface area contributed by atoms with Crippen LogP contribution in [0.3, 0.4) is 0 Å². The number of rotatable bonds is 8. The summed E-state index contributed by atoms with van der Waals surface area (Å²) in [6.07, 6.45) is 3.25. The van der Waals surface area contributed by atoms with Crippen molar-refractivity contribution in [3.05, 3.63) is 35.4 Å². The molecule has 1 N–H and O–H groups in total. The Balaban J connectivity index is 2.70. The van der Waals surface area contributed by atoms with Gasteiger partial charge in [0, 0.05) is 13.2 Å². The fourth-order valence-electron chi connectivity index (χ4n) is 2.21. The van der Waals surface area contributed by atoms with Gasteiger partial charge in [-0.1, -0.05) is 38.1 Å². The van der Waals surface area contributed by atoms with Gasteiger partial charge in [-0.3, -0.25) is 0 Å². The minimum atomic E-state index is -0.0446. The van der Waals surface area contributed by atoms with E-state index in [9.17, 15) is 0 Å². The molecule has 0 fully saturated rings. The highest BCUT2D eigenvalue weighted by Gasteiger charge is 2.19. The third kappa shape index (κ3) is 5.33. The highest BCUT2D eigenvalue weighted by Crippen LogP contribution is 2.24. The predicted molar refractivity (Wildman–Crippen MR) is 82.6 cm³/mol. The van der Waals surface area contributed by atoms with Gasteiger partial charge >= 0.3 is 0 Å². The Morgan fingerprint density at radius 3 is 2.26 bits per heavy atom. The molecule has 0 aromatic heterocycles. The van der Waals surface area contributed by atoms with Gasteiger partial charge in [-0.05, 0) is 50.8 Å². The molecule has 0 aliphatic rings. The van der Waals surface area contributed by atoms with Crippen LogP contribution in [0.5, 0.6) is 0 Å². The number of methoxy groups -OCH3 is 1. The lowest BCUT2D eigenvalue weighted by atomic mass is 9.94. The van der Waals surface area contributed by atoms with Crippen molar-refractivity contribution in [2.45, 2.75) is 58.6 Å². The average molecular weight is 263 g/mol. The number of ether oxygens (including phenoxy) is 1. The summed E-state index contributed by atoms with van der Waals surface area (Å²) >= 11 is 0. The third-order valence-corrected chi connectivity index (χ3v) is 3.83. The Morgan fingerprint density at radius 2 is 1.79 bits per heavy atom. The molecule has 1 aromatic carbocycles. The monoisotopic (exact) mass is 263 g/mol. The number of benzene rings is 1. The number of nitrogens with one attached hydrogen (secondary N) is 1. The topological polar surface area (TPSA) is 21.3 Å². The first kappa shape index (κ1) is 16.2. The fraction of sp³-hybridized carbons (Fsp3) is 0.647. The van der Waals surface area contributed by atoms with Crippen LogP contribution < -0.4 is 5.32 Å². The van der Waals surface area contributed by atoms with Crippen LogP contribution in [-0.2, 0) is 11.2 Å². The zero-order valence-electron chi connectivity index (χ0n) is 13.1. The van der Waals surface area contributed by atoms with Crippen molar-refractivity contribution >= 4 is 0 Å². The molecule has 0 aliphatic heterocycles. The third-order valence-electron chi connectivity index (χ3n) is 3.83. The van der Waals surface area contributed by atoms with Crippen molar-refractivity contribution in [2.24, 2.45) is 0 Å². The largest absolute Gasteiger partial charge is 0.379 e. The predicted octanol–water partition coefficient (Wildman–Crippen LogP) is 4.10. The molecular formula is C17H29NO. The lowest BCUT2D eigenvalue weighted by molar-refractivity contribution is 0.0117. The molecule has 1 unspecified atom stereocenters. The molecule has 1 rings (SSSR count). The summed E-state index contributed by atoms with van der Waals surface area (Å²) in [6, 6.07) is 9.41. The summed E-state index contributed by atoms with van der Waals surface area (Å²) in [5.41, 5.74) is 2.74. The average Bonchev–Trinajstić information content (AvgIpc) is 2.43.